The maximum absolute atomic E-state index is 13.0. The number of sulfone groups is 1. The van der Waals surface area contributed by atoms with E-state index in [-0.39, 0.29) is 9.10 Å². The Morgan fingerprint density at radius 2 is 2.03 bits per heavy atom. The summed E-state index contributed by atoms with van der Waals surface area (Å²) in [6.45, 7) is 4.78. The van der Waals surface area contributed by atoms with Crippen LogP contribution in [0.4, 0.5) is 10.9 Å². The third-order valence-corrected chi connectivity index (χ3v) is 7.21. The van der Waals surface area contributed by atoms with E-state index in [4.69, 9.17) is 9.47 Å². The molecule has 0 aliphatic heterocycles. The van der Waals surface area contributed by atoms with Crippen LogP contribution in [-0.4, -0.2) is 43.7 Å². The molecule has 0 unspecified atom stereocenters. The first kappa shape index (κ1) is 22.1. The van der Waals surface area contributed by atoms with Crippen molar-refractivity contribution < 1.29 is 17.9 Å². The highest BCUT2D eigenvalue weighted by atomic mass is 32.2. The van der Waals surface area contributed by atoms with E-state index in [0.717, 1.165) is 29.9 Å². The normalized spacial score (nSPS) is 11.4. The van der Waals surface area contributed by atoms with Crippen molar-refractivity contribution in [3.8, 4) is 5.75 Å². The molecule has 160 valence electrons. The topological polar surface area (TPSA) is 103 Å². The Balaban J connectivity index is 1.79. The van der Waals surface area contributed by atoms with Crippen LogP contribution in [0.3, 0.4) is 0 Å². The molecule has 0 saturated carbocycles. The van der Waals surface area contributed by atoms with E-state index < -0.39 is 9.84 Å². The first-order valence-electron chi connectivity index (χ1n) is 9.46. The minimum Gasteiger partial charge on any atom is -0.494 e. The summed E-state index contributed by atoms with van der Waals surface area (Å²) in [5.74, 6) is 1.72. The van der Waals surface area contributed by atoms with Gasteiger partial charge < -0.3 is 14.8 Å². The molecule has 0 amide bonds. The van der Waals surface area contributed by atoms with E-state index in [1.165, 1.54) is 12.3 Å². The standard InChI is InChI=1S/C20H24N4O4S2/c1-4-28-16-8-5-9-17(12-16)30(25,26)19-13-21-20(29-19)24-18-11-15(7-6-10-27-3)22-14(2)23-18/h5,8-9,11-13H,4,6-7,10H2,1-3H3,(H,21,22,23,24). The second-order valence-electron chi connectivity index (χ2n) is 6.41. The van der Waals surface area contributed by atoms with Crippen LogP contribution in [0, 0.1) is 6.92 Å². The van der Waals surface area contributed by atoms with E-state index >= 15 is 0 Å². The number of nitrogens with zero attached hydrogens (tertiary/aromatic N) is 3. The minimum atomic E-state index is -3.69. The van der Waals surface area contributed by atoms with Gasteiger partial charge in [-0.15, -0.1) is 0 Å². The molecule has 0 spiro atoms. The maximum atomic E-state index is 13.0. The van der Waals surface area contributed by atoms with Gasteiger partial charge >= 0.3 is 0 Å². The zero-order chi connectivity index (χ0) is 21.6. The third-order valence-electron chi connectivity index (χ3n) is 4.08. The molecule has 30 heavy (non-hydrogen) atoms. The number of anilines is 2. The zero-order valence-corrected chi connectivity index (χ0v) is 18.7. The SMILES string of the molecule is CCOc1cccc(S(=O)(=O)c2cnc(Nc3cc(CCCOC)nc(C)n3)s2)c1. The Morgan fingerprint density at radius 1 is 1.20 bits per heavy atom. The molecule has 0 fully saturated rings. The van der Waals surface area contributed by atoms with Gasteiger partial charge in [-0.05, 0) is 44.9 Å². The molecular weight excluding hydrogens is 424 g/mol. The number of ether oxygens (including phenoxy) is 2. The number of hydrogen-bond acceptors (Lipinski definition) is 9. The highest BCUT2D eigenvalue weighted by molar-refractivity contribution is 7.93. The smallest absolute Gasteiger partial charge is 0.217 e. The molecule has 2 heterocycles. The summed E-state index contributed by atoms with van der Waals surface area (Å²) in [6, 6.07) is 8.29. The number of aromatic nitrogens is 3. The Bertz CT molecular complexity index is 1100. The number of nitrogens with one attached hydrogen (secondary N) is 1. The number of hydrogen-bond donors (Lipinski definition) is 1. The highest BCUT2D eigenvalue weighted by Gasteiger charge is 2.22. The summed E-state index contributed by atoms with van der Waals surface area (Å²) in [6.07, 6.45) is 2.97. The van der Waals surface area contributed by atoms with Gasteiger partial charge in [0.1, 0.15) is 21.6 Å². The van der Waals surface area contributed by atoms with Crippen molar-refractivity contribution in [1.82, 2.24) is 15.0 Å². The van der Waals surface area contributed by atoms with Crippen molar-refractivity contribution in [3.05, 3.63) is 48.0 Å². The van der Waals surface area contributed by atoms with Crippen LogP contribution in [0.5, 0.6) is 5.75 Å². The molecule has 1 aromatic carbocycles. The molecule has 3 aromatic rings. The number of methoxy groups -OCH3 is 1. The molecule has 0 aliphatic carbocycles. The number of thiazole rings is 1. The Kier molecular flexibility index (Phi) is 7.35. The molecule has 0 atom stereocenters. The summed E-state index contributed by atoms with van der Waals surface area (Å²) in [5, 5.41) is 3.53. The van der Waals surface area contributed by atoms with Crippen LogP contribution in [0.15, 0.2) is 45.6 Å². The van der Waals surface area contributed by atoms with Gasteiger partial charge in [0, 0.05) is 25.5 Å². The first-order chi connectivity index (χ1) is 14.4. The van der Waals surface area contributed by atoms with Crippen LogP contribution in [-0.2, 0) is 21.0 Å². The third kappa shape index (κ3) is 5.53. The van der Waals surface area contributed by atoms with Crippen molar-refractivity contribution in [2.24, 2.45) is 0 Å². The van der Waals surface area contributed by atoms with Gasteiger partial charge in [-0.1, -0.05) is 17.4 Å². The van der Waals surface area contributed by atoms with Crippen LogP contribution in [0.1, 0.15) is 24.9 Å². The highest BCUT2D eigenvalue weighted by Crippen LogP contribution is 2.31. The molecule has 8 nitrogen and oxygen atoms in total. The van der Waals surface area contributed by atoms with E-state index in [2.05, 4.69) is 20.3 Å². The molecule has 0 bridgehead atoms. The zero-order valence-electron chi connectivity index (χ0n) is 17.1. The van der Waals surface area contributed by atoms with Gasteiger partial charge in [0.2, 0.25) is 9.84 Å². The lowest BCUT2D eigenvalue weighted by atomic mass is 10.2. The van der Waals surface area contributed by atoms with E-state index in [9.17, 15) is 8.42 Å². The van der Waals surface area contributed by atoms with E-state index in [0.29, 0.717) is 35.7 Å². The largest absolute Gasteiger partial charge is 0.494 e. The fourth-order valence-corrected chi connectivity index (χ4v) is 5.26. The average molecular weight is 449 g/mol. The van der Waals surface area contributed by atoms with Crippen molar-refractivity contribution in [2.75, 3.05) is 25.6 Å². The molecule has 0 radical (unpaired) electrons. The van der Waals surface area contributed by atoms with E-state index in [1.807, 2.05) is 19.9 Å². The van der Waals surface area contributed by atoms with Gasteiger partial charge in [0.25, 0.3) is 0 Å². The van der Waals surface area contributed by atoms with Crippen molar-refractivity contribution in [3.63, 3.8) is 0 Å². The average Bonchev–Trinajstić information content (AvgIpc) is 3.18. The van der Waals surface area contributed by atoms with Crippen LogP contribution < -0.4 is 10.1 Å². The predicted octanol–water partition coefficient (Wildman–Crippen LogP) is 3.80. The minimum absolute atomic E-state index is 0.143. The van der Waals surface area contributed by atoms with Crippen LogP contribution in [0.2, 0.25) is 0 Å². The summed E-state index contributed by atoms with van der Waals surface area (Å²) in [5.41, 5.74) is 0.888. The molecule has 1 N–H and O–H groups in total. The van der Waals surface area contributed by atoms with Crippen molar-refractivity contribution in [2.45, 2.75) is 35.8 Å². The van der Waals surface area contributed by atoms with E-state index in [1.54, 1.807) is 25.3 Å². The molecular formula is C20H24N4O4S2. The molecule has 0 saturated heterocycles. The summed E-state index contributed by atoms with van der Waals surface area (Å²) in [7, 11) is -2.03. The number of benzene rings is 1. The fourth-order valence-electron chi connectivity index (χ4n) is 2.78. The first-order valence-corrected chi connectivity index (χ1v) is 11.8. The summed E-state index contributed by atoms with van der Waals surface area (Å²) in [4.78, 5) is 13.2. The van der Waals surface area contributed by atoms with Gasteiger partial charge in [-0.2, -0.15) is 0 Å². The van der Waals surface area contributed by atoms with Crippen molar-refractivity contribution >= 4 is 32.1 Å². The predicted molar refractivity (Wildman–Crippen MR) is 115 cm³/mol. The molecule has 10 heteroatoms. The molecule has 2 aromatic heterocycles. The quantitative estimate of drug-likeness (QED) is 0.467. The maximum Gasteiger partial charge on any atom is 0.217 e. The lowest BCUT2D eigenvalue weighted by Crippen LogP contribution is -2.02. The van der Waals surface area contributed by atoms with Crippen LogP contribution in [0.25, 0.3) is 0 Å². The van der Waals surface area contributed by atoms with Crippen LogP contribution >= 0.6 is 11.3 Å². The molecule has 3 rings (SSSR count). The van der Waals surface area contributed by atoms with Gasteiger partial charge in [-0.25, -0.2) is 23.4 Å². The monoisotopic (exact) mass is 448 g/mol. The lowest BCUT2D eigenvalue weighted by molar-refractivity contribution is 0.195. The Hall–Kier alpha value is -2.56. The second kappa shape index (κ2) is 9.96. The lowest BCUT2D eigenvalue weighted by Gasteiger charge is -2.07. The Labute approximate surface area is 180 Å². The number of rotatable bonds is 10. The van der Waals surface area contributed by atoms with Crippen molar-refractivity contribution in [1.29, 1.82) is 0 Å². The fraction of sp³-hybridized carbons (Fsp3) is 0.350. The summed E-state index contributed by atoms with van der Waals surface area (Å²) >= 11 is 1.05. The van der Waals surface area contributed by atoms with Gasteiger partial charge in [0.15, 0.2) is 5.13 Å². The second-order valence-corrected chi connectivity index (χ2v) is 9.62. The molecule has 0 aliphatic rings. The van der Waals surface area contributed by atoms with Gasteiger partial charge in [0.05, 0.1) is 17.7 Å². The number of aryl methyl sites for hydroxylation is 2. The summed E-state index contributed by atoms with van der Waals surface area (Å²) < 4.78 is 36.6. The van der Waals surface area contributed by atoms with Gasteiger partial charge in [-0.3, -0.25) is 0 Å². The Morgan fingerprint density at radius 3 is 2.80 bits per heavy atom.